The van der Waals surface area contributed by atoms with E-state index in [1.165, 1.54) is 0 Å². The van der Waals surface area contributed by atoms with Crippen molar-refractivity contribution in [3.8, 4) is 0 Å². The van der Waals surface area contributed by atoms with Crippen LogP contribution in [0.2, 0.25) is 0 Å². The normalized spacial score (nSPS) is 34.6. The predicted octanol–water partition coefficient (Wildman–Crippen LogP) is 2.73. The molecular formula is C15H24FNO4. The standard InChI is InChI=1S/C15H24FNO4/c1-5-20-11(18)15(17-12(19)21-13(2,3)4)8-14(9-15)6-10(16)7-14/h10H,5-9H2,1-4H3,(H,17,19). The largest absolute Gasteiger partial charge is 0.464 e. The number of amides is 1. The van der Waals surface area contributed by atoms with Gasteiger partial charge in [-0.1, -0.05) is 0 Å². The van der Waals surface area contributed by atoms with E-state index >= 15 is 0 Å². The summed E-state index contributed by atoms with van der Waals surface area (Å²) in [5.74, 6) is -0.455. The van der Waals surface area contributed by atoms with E-state index in [2.05, 4.69) is 5.32 Å². The maximum Gasteiger partial charge on any atom is 0.408 e. The van der Waals surface area contributed by atoms with Crippen LogP contribution >= 0.6 is 0 Å². The first-order valence-corrected chi connectivity index (χ1v) is 7.42. The maximum atomic E-state index is 13.1. The molecule has 0 radical (unpaired) electrons. The summed E-state index contributed by atoms with van der Waals surface area (Å²) in [6.45, 7) is 7.23. The van der Waals surface area contributed by atoms with E-state index in [0.29, 0.717) is 25.7 Å². The van der Waals surface area contributed by atoms with Gasteiger partial charge in [0.1, 0.15) is 17.3 Å². The number of nitrogens with one attached hydrogen (secondary N) is 1. The van der Waals surface area contributed by atoms with Crippen LogP contribution in [0, 0.1) is 5.41 Å². The molecular weight excluding hydrogens is 277 g/mol. The zero-order valence-corrected chi connectivity index (χ0v) is 13.1. The topological polar surface area (TPSA) is 64.6 Å². The third-order valence-corrected chi connectivity index (χ3v) is 4.07. The van der Waals surface area contributed by atoms with Crippen molar-refractivity contribution in [1.82, 2.24) is 5.32 Å². The van der Waals surface area contributed by atoms with Crippen LogP contribution in [0.1, 0.15) is 53.4 Å². The molecule has 1 amide bonds. The Balaban J connectivity index is 2.01. The SMILES string of the molecule is CCOC(=O)C1(NC(=O)OC(C)(C)C)CC2(CC(F)C2)C1. The average molecular weight is 301 g/mol. The number of halogens is 1. The van der Waals surface area contributed by atoms with E-state index in [1.807, 2.05) is 0 Å². The molecule has 6 heteroatoms. The lowest BCUT2D eigenvalue weighted by molar-refractivity contribution is -0.173. The lowest BCUT2D eigenvalue weighted by Crippen LogP contribution is -2.70. The number of hydrogen-bond donors (Lipinski definition) is 1. The second-order valence-corrected chi connectivity index (χ2v) is 7.29. The number of rotatable bonds is 3. The molecule has 0 saturated heterocycles. The first-order valence-electron chi connectivity index (χ1n) is 7.42. The molecule has 2 aliphatic carbocycles. The molecule has 2 rings (SSSR count). The van der Waals surface area contributed by atoms with Gasteiger partial charge in [0.2, 0.25) is 0 Å². The van der Waals surface area contributed by atoms with Gasteiger partial charge in [0.05, 0.1) is 6.61 Å². The molecule has 0 aromatic heterocycles. The van der Waals surface area contributed by atoms with Crippen LogP contribution in [0.15, 0.2) is 0 Å². The predicted molar refractivity (Wildman–Crippen MR) is 74.5 cm³/mol. The molecule has 0 atom stereocenters. The summed E-state index contributed by atoms with van der Waals surface area (Å²) in [5.41, 5.74) is -1.85. The maximum absolute atomic E-state index is 13.1. The summed E-state index contributed by atoms with van der Waals surface area (Å²) in [6, 6.07) is 0. The molecule has 120 valence electrons. The molecule has 1 spiro atoms. The van der Waals surface area contributed by atoms with Gasteiger partial charge in [-0.3, -0.25) is 0 Å². The van der Waals surface area contributed by atoms with Crippen LogP contribution in [0.25, 0.3) is 0 Å². The molecule has 5 nitrogen and oxygen atoms in total. The average Bonchev–Trinajstić information content (AvgIpc) is 2.21. The van der Waals surface area contributed by atoms with Gasteiger partial charge in [0, 0.05) is 0 Å². The van der Waals surface area contributed by atoms with Crippen molar-refractivity contribution < 1.29 is 23.5 Å². The van der Waals surface area contributed by atoms with Gasteiger partial charge in [-0.2, -0.15) is 0 Å². The van der Waals surface area contributed by atoms with Crippen molar-refractivity contribution in [1.29, 1.82) is 0 Å². The Morgan fingerprint density at radius 2 is 1.86 bits per heavy atom. The summed E-state index contributed by atoms with van der Waals surface area (Å²) in [5, 5.41) is 2.65. The minimum atomic E-state index is -1.06. The van der Waals surface area contributed by atoms with Crippen LogP contribution in [-0.4, -0.2) is 36.0 Å². The van der Waals surface area contributed by atoms with Crippen LogP contribution in [-0.2, 0) is 14.3 Å². The molecule has 0 aliphatic heterocycles. The van der Waals surface area contributed by atoms with E-state index in [-0.39, 0.29) is 12.0 Å². The lowest BCUT2D eigenvalue weighted by Gasteiger charge is -2.60. The van der Waals surface area contributed by atoms with Crippen LogP contribution in [0.5, 0.6) is 0 Å². The van der Waals surface area contributed by atoms with Crippen molar-refractivity contribution in [2.45, 2.75) is 70.7 Å². The van der Waals surface area contributed by atoms with Crippen molar-refractivity contribution in [3.05, 3.63) is 0 Å². The number of alkyl halides is 1. The number of alkyl carbamates (subject to hydrolysis) is 1. The molecule has 1 N–H and O–H groups in total. The van der Waals surface area contributed by atoms with Crippen molar-refractivity contribution in [2.24, 2.45) is 5.41 Å². The monoisotopic (exact) mass is 301 g/mol. The molecule has 2 saturated carbocycles. The Bertz CT molecular complexity index is 429. The molecule has 0 bridgehead atoms. The molecule has 21 heavy (non-hydrogen) atoms. The van der Waals surface area contributed by atoms with E-state index in [1.54, 1.807) is 27.7 Å². The van der Waals surface area contributed by atoms with Crippen molar-refractivity contribution in [3.63, 3.8) is 0 Å². The lowest BCUT2D eigenvalue weighted by atomic mass is 9.48. The summed E-state index contributed by atoms with van der Waals surface area (Å²) >= 11 is 0. The van der Waals surface area contributed by atoms with Crippen LogP contribution in [0.3, 0.4) is 0 Å². The Labute approximate surface area is 124 Å². The van der Waals surface area contributed by atoms with E-state index in [9.17, 15) is 14.0 Å². The first kappa shape index (κ1) is 16.0. The molecule has 0 unspecified atom stereocenters. The molecule has 0 aromatic carbocycles. The minimum Gasteiger partial charge on any atom is -0.464 e. The highest BCUT2D eigenvalue weighted by Gasteiger charge is 2.65. The number of esters is 1. The third-order valence-electron chi connectivity index (χ3n) is 4.07. The van der Waals surface area contributed by atoms with Gasteiger partial charge in [-0.15, -0.1) is 0 Å². The second kappa shape index (κ2) is 5.14. The van der Waals surface area contributed by atoms with Crippen LogP contribution in [0.4, 0.5) is 9.18 Å². The van der Waals surface area contributed by atoms with Crippen molar-refractivity contribution in [2.75, 3.05) is 6.61 Å². The highest BCUT2D eigenvalue weighted by atomic mass is 19.1. The number of carbonyl (C=O) groups is 2. The van der Waals surface area contributed by atoms with Gasteiger partial charge in [0.25, 0.3) is 0 Å². The minimum absolute atomic E-state index is 0.152. The van der Waals surface area contributed by atoms with Gasteiger partial charge < -0.3 is 14.8 Å². The van der Waals surface area contributed by atoms with Crippen LogP contribution < -0.4 is 5.32 Å². The highest BCUT2D eigenvalue weighted by Crippen LogP contribution is 2.61. The number of hydrogen-bond acceptors (Lipinski definition) is 4. The summed E-state index contributed by atoms with van der Waals surface area (Å²) in [6.07, 6.45) is 0.360. The highest BCUT2D eigenvalue weighted by molar-refractivity contribution is 5.87. The Kier molecular flexibility index (Phi) is 3.93. The van der Waals surface area contributed by atoms with Gasteiger partial charge in [0.15, 0.2) is 0 Å². The molecule has 2 fully saturated rings. The molecule has 0 aromatic rings. The number of ether oxygens (including phenoxy) is 2. The Hall–Kier alpha value is -1.33. The van der Waals surface area contributed by atoms with Gasteiger partial charge in [-0.05, 0) is 58.8 Å². The fourth-order valence-corrected chi connectivity index (χ4v) is 3.45. The van der Waals surface area contributed by atoms with Crippen molar-refractivity contribution >= 4 is 12.1 Å². The van der Waals surface area contributed by atoms with Gasteiger partial charge in [-0.25, -0.2) is 14.0 Å². The van der Waals surface area contributed by atoms with E-state index < -0.39 is 29.4 Å². The molecule has 2 aliphatic rings. The van der Waals surface area contributed by atoms with E-state index in [0.717, 1.165) is 0 Å². The summed E-state index contributed by atoms with van der Waals surface area (Å²) in [4.78, 5) is 24.1. The molecule has 0 heterocycles. The smallest absolute Gasteiger partial charge is 0.408 e. The zero-order valence-electron chi connectivity index (χ0n) is 13.1. The number of carbonyl (C=O) groups excluding carboxylic acids is 2. The van der Waals surface area contributed by atoms with E-state index in [4.69, 9.17) is 9.47 Å². The third kappa shape index (κ3) is 3.30. The first-order chi connectivity index (χ1) is 9.60. The fraction of sp³-hybridized carbons (Fsp3) is 0.867. The fourth-order valence-electron chi connectivity index (χ4n) is 3.45. The summed E-state index contributed by atoms with van der Waals surface area (Å²) in [7, 11) is 0. The summed E-state index contributed by atoms with van der Waals surface area (Å²) < 4.78 is 23.4. The Morgan fingerprint density at radius 1 is 1.29 bits per heavy atom. The second-order valence-electron chi connectivity index (χ2n) is 7.29. The van der Waals surface area contributed by atoms with Gasteiger partial charge >= 0.3 is 12.1 Å². The quantitative estimate of drug-likeness (QED) is 0.814. The zero-order chi connectivity index (χ0) is 15.9. The Morgan fingerprint density at radius 3 is 2.29 bits per heavy atom.